The van der Waals surface area contributed by atoms with E-state index in [1.807, 2.05) is 0 Å². The van der Waals surface area contributed by atoms with Gasteiger partial charge in [0.2, 0.25) is 0 Å². The predicted molar refractivity (Wildman–Crippen MR) is 50.5 cm³/mol. The van der Waals surface area contributed by atoms with Gasteiger partial charge in [0.05, 0.1) is 12.8 Å². The summed E-state index contributed by atoms with van der Waals surface area (Å²) in [6.07, 6.45) is -0.970. The summed E-state index contributed by atoms with van der Waals surface area (Å²) in [6, 6.07) is 0. The number of hydrogen-bond acceptors (Lipinski definition) is 4. The highest BCUT2D eigenvalue weighted by atomic mass is 16.7. The zero-order valence-corrected chi connectivity index (χ0v) is 8.86. The fourth-order valence-corrected chi connectivity index (χ4v) is 1.30. The Balaban J connectivity index is 4.69. The average molecular weight is 220 g/mol. The van der Waals surface area contributed by atoms with E-state index in [1.165, 1.54) is 0 Å². The van der Waals surface area contributed by atoms with Gasteiger partial charge < -0.3 is 19.7 Å². The highest BCUT2D eigenvalue weighted by molar-refractivity contribution is 5.72. The lowest BCUT2D eigenvalue weighted by Crippen LogP contribution is -2.40. The fraction of sp³-hybridized carbons (Fsp3) is 0.778. The predicted octanol–water partition coefficient (Wildman–Crippen LogP) is 0.705. The lowest BCUT2D eigenvalue weighted by molar-refractivity contribution is -0.242. The van der Waals surface area contributed by atoms with Crippen LogP contribution in [0.1, 0.15) is 26.7 Å². The summed E-state index contributed by atoms with van der Waals surface area (Å²) in [6.45, 7) is 3.69. The van der Waals surface area contributed by atoms with E-state index >= 15 is 0 Å². The van der Waals surface area contributed by atoms with Gasteiger partial charge in [-0.1, -0.05) is 0 Å². The van der Waals surface area contributed by atoms with Crippen molar-refractivity contribution in [3.05, 3.63) is 0 Å². The van der Waals surface area contributed by atoms with Crippen LogP contribution in [-0.2, 0) is 19.1 Å². The largest absolute Gasteiger partial charge is 0.481 e. The molecule has 6 nitrogen and oxygen atoms in total. The Morgan fingerprint density at radius 1 is 1.00 bits per heavy atom. The third-order valence-electron chi connectivity index (χ3n) is 1.66. The molecule has 0 aromatic rings. The van der Waals surface area contributed by atoms with E-state index in [0.29, 0.717) is 0 Å². The maximum absolute atomic E-state index is 10.6. The fourth-order valence-electron chi connectivity index (χ4n) is 1.30. The summed E-state index contributed by atoms with van der Waals surface area (Å²) >= 11 is 0. The van der Waals surface area contributed by atoms with Crippen LogP contribution in [0, 0.1) is 0 Å². The molecule has 0 heterocycles. The van der Waals surface area contributed by atoms with Gasteiger partial charge in [-0.15, -0.1) is 0 Å². The van der Waals surface area contributed by atoms with E-state index in [-0.39, 0.29) is 13.2 Å². The highest BCUT2D eigenvalue weighted by Crippen LogP contribution is 2.23. The molecule has 0 aliphatic heterocycles. The molecule has 0 radical (unpaired) electrons. The maximum Gasteiger partial charge on any atom is 0.308 e. The van der Waals surface area contributed by atoms with Gasteiger partial charge in [0, 0.05) is 13.2 Å². The van der Waals surface area contributed by atoms with Gasteiger partial charge in [-0.05, 0) is 13.8 Å². The number of carboxylic acid groups (broad SMARTS) is 2. The minimum absolute atomic E-state index is 0.195. The molecule has 0 fully saturated rings. The van der Waals surface area contributed by atoms with Crippen molar-refractivity contribution in [1.29, 1.82) is 0 Å². The van der Waals surface area contributed by atoms with E-state index in [9.17, 15) is 9.59 Å². The molecular formula is C9H16O6. The molecule has 0 rings (SSSR count). The van der Waals surface area contributed by atoms with Crippen LogP contribution in [0.15, 0.2) is 0 Å². The minimum atomic E-state index is -1.55. The maximum atomic E-state index is 10.6. The Labute approximate surface area is 87.8 Å². The highest BCUT2D eigenvalue weighted by Gasteiger charge is 2.37. The smallest absolute Gasteiger partial charge is 0.308 e. The Hall–Kier alpha value is -1.14. The number of hydrogen-bond donors (Lipinski definition) is 2. The second kappa shape index (κ2) is 6.36. The van der Waals surface area contributed by atoms with Crippen LogP contribution in [0.4, 0.5) is 0 Å². The van der Waals surface area contributed by atoms with Gasteiger partial charge >= 0.3 is 11.9 Å². The van der Waals surface area contributed by atoms with Gasteiger partial charge in [0.15, 0.2) is 5.79 Å². The van der Waals surface area contributed by atoms with Crippen LogP contribution >= 0.6 is 0 Å². The summed E-state index contributed by atoms with van der Waals surface area (Å²) in [5.74, 6) is -3.86. The molecule has 6 heteroatoms. The van der Waals surface area contributed by atoms with Crippen molar-refractivity contribution in [2.75, 3.05) is 13.2 Å². The molecule has 0 bridgehead atoms. The van der Waals surface area contributed by atoms with Crippen molar-refractivity contribution in [2.24, 2.45) is 0 Å². The third-order valence-corrected chi connectivity index (χ3v) is 1.66. The Morgan fingerprint density at radius 3 is 1.53 bits per heavy atom. The van der Waals surface area contributed by atoms with Crippen LogP contribution in [0.25, 0.3) is 0 Å². The van der Waals surface area contributed by atoms with Crippen LogP contribution in [-0.4, -0.2) is 41.2 Å². The summed E-state index contributed by atoms with van der Waals surface area (Å²) in [7, 11) is 0. The normalized spacial score (nSPS) is 11.3. The lowest BCUT2D eigenvalue weighted by Gasteiger charge is -2.30. The molecule has 0 aromatic heterocycles. The molecule has 0 aromatic carbocycles. The van der Waals surface area contributed by atoms with E-state index < -0.39 is 30.6 Å². The number of rotatable bonds is 8. The van der Waals surface area contributed by atoms with Crippen LogP contribution in [0.2, 0.25) is 0 Å². The number of carbonyl (C=O) groups is 2. The first-order chi connectivity index (χ1) is 6.95. The van der Waals surface area contributed by atoms with Crippen molar-refractivity contribution in [1.82, 2.24) is 0 Å². The third kappa shape index (κ3) is 5.34. The first-order valence-corrected chi connectivity index (χ1v) is 4.67. The monoisotopic (exact) mass is 220 g/mol. The molecule has 88 valence electrons. The van der Waals surface area contributed by atoms with Gasteiger partial charge in [-0.25, -0.2) is 0 Å². The van der Waals surface area contributed by atoms with Crippen molar-refractivity contribution in [2.45, 2.75) is 32.5 Å². The molecule has 0 spiro atoms. The second-order valence-electron chi connectivity index (χ2n) is 2.92. The van der Waals surface area contributed by atoms with Crippen molar-refractivity contribution in [3.63, 3.8) is 0 Å². The van der Waals surface area contributed by atoms with Gasteiger partial charge in [0.1, 0.15) is 0 Å². The van der Waals surface area contributed by atoms with Crippen molar-refractivity contribution >= 4 is 11.9 Å². The van der Waals surface area contributed by atoms with Crippen LogP contribution < -0.4 is 0 Å². The summed E-state index contributed by atoms with van der Waals surface area (Å²) in [5.41, 5.74) is 0. The molecule has 0 saturated carbocycles. The number of carboxylic acids is 2. The Bertz CT molecular complexity index is 201. The SMILES string of the molecule is CCOC(CC(=O)O)(CC(=O)O)OCC. The minimum Gasteiger partial charge on any atom is -0.481 e. The zero-order chi connectivity index (χ0) is 11.9. The first kappa shape index (κ1) is 13.9. The van der Waals surface area contributed by atoms with E-state index in [0.717, 1.165) is 0 Å². The van der Waals surface area contributed by atoms with Crippen LogP contribution in [0.3, 0.4) is 0 Å². The van der Waals surface area contributed by atoms with E-state index in [2.05, 4.69) is 0 Å². The molecule has 2 N–H and O–H groups in total. The van der Waals surface area contributed by atoms with E-state index in [4.69, 9.17) is 19.7 Å². The quantitative estimate of drug-likeness (QED) is 0.585. The Kier molecular flexibility index (Phi) is 5.88. The zero-order valence-electron chi connectivity index (χ0n) is 8.86. The van der Waals surface area contributed by atoms with Gasteiger partial charge in [-0.2, -0.15) is 0 Å². The standard InChI is InChI=1S/C9H16O6/c1-3-14-9(15-4-2,5-7(10)11)6-8(12)13/h3-6H2,1-2H3,(H,10,11)(H,12,13). The van der Waals surface area contributed by atoms with Gasteiger partial charge in [-0.3, -0.25) is 9.59 Å². The molecular weight excluding hydrogens is 204 g/mol. The first-order valence-electron chi connectivity index (χ1n) is 4.67. The molecule has 0 saturated heterocycles. The van der Waals surface area contributed by atoms with Crippen LogP contribution in [0.5, 0.6) is 0 Å². The molecule has 0 unspecified atom stereocenters. The Morgan fingerprint density at radius 2 is 1.33 bits per heavy atom. The lowest BCUT2D eigenvalue weighted by atomic mass is 10.1. The molecule has 0 amide bonds. The molecule has 0 aliphatic carbocycles. The summed E-state index contributed by atoms with van der Waals surface area (Å²) in [4.78, 5) is 21.2. The van der Waals surface area contributed by atoms with Crippen molar-refractivity contribution < 1.29 is 29.3 Å². The topological polar surface area (TPSA) is 93.1 Å². The molecule has 15 heavy (non-hydrogen) atoms. The second-order valence-corrected chi connectivity index (χ2v) is 2.92. The average Bonchev–Trinajstić information content (AvgIpc) is 2.01. The molecule has 0 atom stereocenters. The number of ether oxygens (including phenoxy) is 2. The summed E-state index contributed by atoms with van der Waals surface area (Å²) in [5, 5.41) is 17.3. The van der Waals surface area contributed by atoms with E-state index in [1.54, 1.807) is 13.8 Å². The number of aliphatic carboxylic acids is 2. The summed E-state index contributed by atoms with van der Waals surface area (Å²) < 4.78 is 10.2. The molecule has 0 aliphatic rings. The van der Waals surface area contributed by atoms with Crippen molar-refractivity contribution in [3.8, 4) is 0 Å². The van der Waals surface area contributed by atoms with Gasteiger partial charge in [0.25, 0.3) is 0 Å².